The molecule has 5 heteroatoms. The lowest BCUT2D eigenvalue weighted by Crippen LogP contribution is -2.33. The second-order valence-electron chi connectivity index (χ2n) is 3.97. The fourth-order valence-corrected chi connectivity index (χ4v) is 1.29. The number of aryl methyl sites for hydroxylation is 1. The molecule has 0 aliphatic heterocycles. The van der Waals surface area contributed by atoms with E-state index >= 15 is 0 Å². The van der Waals surface area contributed by atoms with Gasteiger partial charge in [0, 0.05) is 17.7 Å². The molecule has 0 saturated heterocycles. The van der Waals surface area contributed by atoms with E-state index in [4.69, 9.17) is 0 Å². The van der Waals surface area contributed by atoms with Gasteiger partial charge in [-0.3, -0.25) is 19.1 Å². The molecular formula is C11H16N2O3. The first-order valence-corrected chi connectivity index (χ1v) is 5.28. The molecule has 1 aromatic rings. The molecule has 1 heterocycles. The zero-order valence-electron chi connectivity index (χ0n) is 9.74. The Hall–Kier alpha value is -1.65. The quantitative estimate of drug-likeness (QED) is 0.807. The Morgan fingerprint density at radius 3 is 2.69 bits per heavy atom. The number of aromatic amines is 1. The van der Waals surface area contributed by atoms with E-state index in [1.54, 1.807) is 6.92 Å². The van der Waals surface area contributed by atoms with Gasteiger partial charge >= 0.3 is 5.69 Å². The summed E-state index contributed by atoms with van der Waals surface area (Å²) in [6.45, 7) is 5.36. The predicted molar refractivity (Wildman–Crippen MR) is 60.5 cm³/mol. The molecule has 16 heavy (non-hydrogen) atoms. The van der Waals surface area contributed by atoms with Crippen LogP contribution in [-0.2, 0) is 11.3 Å². The van der Waals surface area contributed by atoms with Crippen LogP contribution in [0.5, 0.6) is 0 Å². The van der Waals surface area contributed by atoms with Crippen LogP contribution < -0.4 is 11.2 Å². The molecule has 0 fully saturated rings. The van der Waals surface area contributed by atoms with E-state index < -0.39 is 11.2 Å². The van der Waals surface area contributed by atoms with E-state index in [1.807, 2.05) is 13.8 Å². The highest BCUT2D eigenvalue weighted by atomic mass is 16.2. The summed E-state index contributed by atoms with van der Waals surface area (Å²) in [5.41, 5.74) is -0.513. The van der Waals surface area contributed by atoms with Crippen molar-refractivity contribution in [1.29, 1.82) is 0 Å². The molecule has 1 rings (SSSR count). The standard InChI is InChI=1S/C11H16N2O3/c1-4-7(2)9(14)6-13-5-8(3)10(15)12-11(13)16/h5,7H,4,6H2,1-3H3,(H,12,15,16). The lowest BCUT2D eigenvalue weighted by Gasteiger charge is -2.09. The van der Waals surface area contributed by atoms with Crippen molar-refractivity contribution >= 4 is 5.78 Å². The number of H-pyrrole nitrogens is 1. The van der Waals surface area contributed by atoms with Crippen LogP contribution in [0, 0.1) is 12.8 Å². The molecule has 0 aliphatic rings. The fourth-order valence-electron chi connectivity index (χ4n) is 1.29. The van der Waals surface area contributed by atoms with E-state index in [0.717, 1.165) is 6.42 Å². The highest BCUT2D eigenvalue weighted by Crippen LogP contribution is 2.03. The first-order chi connectivity index (χ1) is 7.45. The molecule has 0 spiro atoms. The number of Topliss-reactive ketones (excluding diaryl/α,β-unsaturated/α-hetero) is 1. The SMILES string of the molecule is CCC(C)C(=O)Cn1cc(C)c(=O)[nH]c1=O. The lowest BCUT2D eigenvalue weighted by molar-refractivity contribution is -0.123. The van der Waals surface area contributed by atoms with Gasteiger partial charge < -0.3 is 0 Å². The number of ketones is 1. The van der Waals surface area contributed by atoms with Crippen molar-refractivity contribution < 1.29 is 4.79 Å². The number of nitrogens with one attached hydrogen (secondary N) is 1. The maximum atomic E-state index is 11.6. The van der Waals surface area contributed by atoms with E-state index in [2.05, 4.69) is 4.98 Å². The van der Waals surface area contributed by atoms with Crippen molar-refractivity contribution in [2.75, 3.05) is 0 Å². The molecule has 0 amide bonds. The molecule has 0 bridgehead atoms. The Morgan fingerprint density at radius 1 is 1.50 bits per heavy atom. The maximum Gasteiger partial charge on any atom is 0.328 e. The van der Waals surface area contributed by atoms with Crippen LogP contribution in [0.4, 0.5) is 0 Å². The van der Waals surface area contributed by atoms with Crippen LogP contribution in [0.25, 0.3) is 0 Å². The minimum Gasteiger partial charge on any atom is -0.297 e. The highest BCUT2D eigenvalue weighted by Gasteiger charge is 2.12. The summed E-state index contributed by atoms with van der Waals surface area (Å²) >= 11 is 0. The van der Waals surface area contributed by atoms with Crippen LogP contribution in [0.3, 0.4) is 0 Å². The van der Waals surface area contributed by atoms with Crippen LogP contribution in [0.1, 0.15) is 25.8 Å². The topological polar surface area (TPSA) is 71.9 Å². The third-order valence-electron chi connectivity index (χ3n) is 2.68. The van der Waals surface area contributed by atoms with E-state index in [1.165, 1.54) is 10.8 Å². The predicted octanol–water partition coefficient (Wildman–Crippen LogP) is 0.460. The summed E-state index contributed by atoms with van der Waals surface area (Å²) in [6, 6.07) is 0. The van der Waals surface area contributed by atoms with Gasteiger partial charge in [-0.05, 0) is 13.3 Å². The van der Waals surface area contributed by atoms with Crippen molar-refractivity contribution in [2.24, 2.45) is 5.92 Å². The summed E-state index contributed by atoms with van der Waals surface area (Å²) < 4.78 is 1.24. The third-order valence-corrected chi connectivity index (χ3v) is 2.68. The summed E-state index contributed by atoms with van der Waals surface area (Å²) in [6.07, 6.45) is 2.16. The molecule has 0 aliphatic carbocycles. The number of nitrogens with zero attached hydrogens (tertiary/aromatic N) is 1. The fraction of sp³-hybridized carbons (Fsp3) is 0.545. The van der Waals surface area contributed by atoms with Crippen LogP contribution >= 0.6 is 0 Å². The van der Waals surface area contributed by atoms with E-state index in [0.29, 0.717) is 5.56 Å². The number of hydrogen-bond donors (Lipinski definition) is 1. The molecule has 1 N–H and O–H groups in total. The molecule has 1 unspecified atom stereocenters. The smallest absolute Gasteiger partial charge is 0.297 e. The first-order valence-electron chi connectivity index (χ1n) is 5.28. The first kappa shape index (κ1) is 12.4. The van der Waals surface area contributed by atoms with Crippen molar-refractivity contribution in [3.05, 3.63) is 32.6 Å². The van der Waals surface area contributed by atoms with E-state index in [-0.39, 0.29) is 18.2 Å². The van der Waals surface area contributed by atoms with Gasteiger partial charge in [-0.25, -0.2) is 4.79 Å². The normalized spacial score (nSPS) is 12.4. The molecule has 1 atom stereocenters. The van der Waals surface area contributed by atoms with Crippen molar-refractivity contribution in [1.82, 2.24) is 9.55 Å². The third kappa shape index (κ3) is 2.68. The Morgan fingerprint density at radius 2 is 2.12 bits per heavy atom. The van der Waals surface area contributed by atoms with Crippen molar-refractivity contribution in [2.45, 2.75) is 33.7 Å². The number of carbonyl (C=O) groups is 1. The summed E-state index contributed by atoms with van der Waals surface area (Å²) in [4.78, 5) is 36.3. The summed E-state index contributed by atoms with van der Waals surface area (Å²) in [5.74, 6) is -0.0739. The molecule has 88 valence electrons. The van der Waals surface area contributed by atoms with E-state index in [9.17, 15) is 14.4 Å². The zero-order chi connectivity index (χ0) is 12.3. The number of carbonyl (C=O) groups excluding carboxylic acids is 1. The maximum absolute atomic E-state index is 11.6. The Labute approximate surface area is 93.1 Å². The second-order valence-corrected chi connectivity index (χ2v) is 3.97. The summed E-state index contributed by atoms with van der Waals surface area (Å²) in [7, 11) is 0. The monoisotopic (exact) mass is 224 g/mol. The Bertz CT molecular complexity index is 499. The molecule has 0 saturated carbocycles. The molecule has 1 aromatic heterocycles. The van der Waals surface area contributed by atoms with Gasteiger partial charge in [-0.1, -0.05) is 13.8 Å². The van der Waals surface area contributed by atoms with Gasteiger partial charge in [0.15, 0.2) is 5.78 Å². The molecule has 5 nitrogen and oxygen atoms in total. The summed E-state index contributed by atoms with van der Waals surface area (Å²) in [5, 5.41) is 0. The number of rotatable bonds is 4. The largest absolute Gasteiger partial charge is 0.328 e. The van der Waals surface area contributed by atoms with Crippen LogP contribution in [0.2, 0.25) is 0 Å². The van der Waals surface area contributed by atoms with Gasteiger partial charge in [-0.15, -0.1) is 0 Å². The molecule has 0 aromatic carbocycles. The van der Waals surface area contributed by atoms with Crippen molar-refractivity contribution in [3.63, 3.8) is 0 Å². The van der Waals surface area contributed by atoms with Gasteiger partial charge in [0.05, 0.1) is 6.54 Å². The Balaban J connectivity index is 2.99. The average Bonchev–Trinajstić information content (AvgIpc) is 2.24. The van der Waals surface area contributed by atoms with Crippen LogP contribution in [-0.4, -0.2) is 15.3 Å². The van der Waals surface area contributed by atoms with Gasteiger partial charge in [0.2, 0.25) is 0 Å². The van der Waals surface area contributed by atoms with Crippen molar-refractivity contribution in [3.8, 4) is 0 Å². The lowest BCUT2D eigenvalue weighted by atomic mass is 10.0. The van der Waals surface area contributed by atoms with Crippen LogP contribution in [0.15, 0.2) is 15.8 Å². The van der Waals surface area contributed by atoms with Gasteiger partial charge in [-0.2, -0.15) is 0 Å². The minimum absolute atomic E-state index is 0.00366. The second kappa shape index (κ2) is 4.92. The average molecular weight is 224 g/mol. The highest BCUT2D eigenvalue weighted by molar-refractivity contribution is 5.80. The molecule has 0 radical (unpaired) electrons. The molecular weight excluding hydrogens is 208 g/mol. The zero-order valence-corrected chi connectivity index (χ0v) is 9.74. The van der Waals surface area contributed by atoms with Gasteiger partial charge in [0.25, 0.3) is 5.56 Å². The number of aromatic nitrogens is 2. The number of hydrogen-bond acceptors (Lipinski definition) is 3. The van der Waals surface area contributed by atoms with Gasteiger partial charge in [0.1, 0.15) is 0 Å². The minimum atomic E-state index is -0.535. The Kier molecular flexibility index (Phi) is 3.82.